The van der Waals surface area contributed by atoms with E-state index in [1.165, 1.54) is 26.6 Å². The number of rotatable bonds is 3. The van der Waals surface area contributed by atoms with Crippen molar-refractivity contribution in [2.45, 2.75) is 63.5 Å². The number of urea groups is 1. The van der Waals surface area contributed by atoms with Crippen LogP contribution in [0.4, 0.5) is 10.5 Å². The predicted octanol–water partition coefficient (Wildman–Crippen LogP) is 1.81. The van der Waals surface area contributed by atoms with Gasteiger partial charge in [0.2, 0.25) is 0 Å². The summed E-state index contributed by atoms with van der Waals surface area (Å²) in [4.78, 5) is 14.9. The summed E-state index contributed by atoms with van der Waals surface area (Å²) in [7, 11) is -1.78. The lowest BCUT2D eigenvalue weighted by molar-refractivity contribution is 0.139. The predicted molar refractivity (Wildman–Crippen MR) is 108 cm³/mol. The van der Waals surface area contributed by atoms with Crippen LogP contribution in [0.3, 0.4) is 0 Å². The van der Waals surface area contributed by atoms with Gasteiger partial charge in [-0.25, -0.2) is 9.52 Å². The molecule has 2 N–H and O–H groups in total. The number of anilines is 1. The first-order chi connectivity index (χ1) is 13.4. The molecule has 0 spiro atoms. The van der Waals surface area contributed by atoms with E-state index in [-0.39, 0.29) is 12.1 Å². The third-order valence-electron chi connectivity index (χ3n) is 7.09. The molecule has 2 amide bonds. The number of hydrogen-bond donors (Lipinski definition) is 2. The Hall–Kier alpha value is -1.64. The van der Waals surface area contributed by atoms with Gasteiger partial charge in [0.15, 0.2) is 0 Å². The molecule has 4 aliphatic rings. The highest BCUT2D eigenvalue weighted by Gasteiger charge is 2.42. The first kappa shape index (κ1) is 18.4. The third kappa shape index (κ3) is 3.02. The van der Waals surface area contributed by atoms with Gasteiger partial charge in [0.1, 0.15) is 0 Å². The Morgan fingerprint density at radius 3 is 2.14 bits per heavy atom. The zero-order valence-electron chi connectivity index (χ0n) is 16.3. The van der Waals surface area contributed by atoms with E-state index in [1.807, 2.05) is 0 Å². The van der Waals surface area contributed by atoms with Gasteiger partial charge in [-0.1, -0.05) is 6.07 Å². The van der Waals surface area contributed by atoms with Crippen molar-refractivity contribution >= 4 is 21.9 Å². The van der Waals surface area contributed by atoms with E-state index in [4.69, 9.17) is 0 Å². The summed E-state index contributed by atoms with van der Waals surface area (Å²) in [6.07, 6.45) is 8.21. The monoisotopic (exact) mass is 404 g/mol. The van der Waals surface area contributed by atoms with Gasteiger partial charge in [0.05, 0.1) is 0 Å². The minimum Gasteiger partial charge on any atom is -0.307 e. The molecule has 5 rings (SSSR count). The van der Waals surface area contributed by atoms with E-state index < -0.39 is 16.2 Å². The molecule has 7 nitrogen and oxygen atoms in total. The fourth-order valence-corrected chi connectivity index (χ4v) is 6.71. The van der Waals surface area contributed by atoms with Crippen molar-refractivity contribution in [1.29, 1.82) is 0 Å². The van der Waals surface area contributed by atoms with Crippen molar-refractivity contribution in [2.75, 3.05) is 25.5 Å². The minimum absolute atomic E-state index is 0.249. The van der Waals surface area contributed by atoms with Gasteiger partial charge in [-0.2, -0.15) is 12.7 Å². The van der Waals surface area contributed by atoms with Crippen LogP contribution in [0.15, 0.2) is 6.07 Å². The first-order valence-corrected chi connectivity index (χ1v) is 11.8. The summed E-state index contributed by atoms with van der Waals surface area (Å²) in [5.74, 6) is 0. The molecule has 2 aliphatic carbocycles. The van der Waals surface area contributed by atoms with E-state index in [0.29, 0.717) is 13.1 Å². The lowest BCUT2D eigenvalue weighted by atomic mass is 9.99. The minimum atomic E-state index is -3.84. The molecule has 8 heteroatoms. The first-order valence-electron chi connectivity index (χ1n) is 10.4. The standard InChI is InChI=1S/C20H28N4O3S/c1-23-15-8-9-16(23)12-24(11-15)28(26,27)22-20(25)21-19-17-6-2-4-13(17)10-14-5-3-7-18(14)19/h10,15-16H,2-9,11-12H2,1H3,(H2,21,22,25). The summed E-state index contributed by atoms with van der Waals surface area (Å²) < 4.78 is 29.3. The van der Waals surface area contributed by atoms with Crippen LogP contribution in [0.5, 0.6) is 0 Å². The second kappa shape index (κ2) is 6.71. The van der Waals surface area contributed by atoms with Crippen molar-refractivity contribution < 1.29 is 13.2 Å². The Labute approximate surface area is 166 Å². The molecule has 0 radical (unpaired) electrons. The summed E-state index contributed by atoms with van der Waals surface area (Å²) in [5, 5.41) is 2.92. The van der Waals surface area contributed by atoms with E-state index in [1.54, 1.807) is 0 Å². The van der Waals surface area contributed by atoms with Gasteiger partial charge in [-0.15, -0.1) is 0 Å². The van der Waals surface area contributed by atoms with Gasteiger partial charge in [-0.3, -0.25) is 4.90 Å². The highest BCUT2D eigenvalue weighted by molar-refractivity contribution is 7.87. The number of nitrogens with zero attached hydrogens (tertiary/aromatic N) is 2. The number of carbonyl (C=O) groups excluding carboxylic acids is 1. The molecule has 1 aromatic carbocycles. The quantitative estimate of drug-likeness (QED) is 0.805. The number of amides is 2. The lowest BCUT2D eigenvalue weighted by Gasteiger charge is -2.37. The Kier molecular flexibility index (Phi) is 4.41. The van der Waals surface area contributed by atoms with Gasteiger partial charge in [0, 0.05) is 30.9 Å². The molecule has 2 aliphatic heterocycles. The largest absolute Gasteiger partial charge is 0.333 e. The third-order valence-corrected chi connectivity index (χ3v) is 8.51. The number of piperazine rings is 1. The molecule has 28 heavy (non-hydrogen) atoms. The topological polar surface area (TPSA) is 81.8 Å². The zero-order chi connectivity index (χ0) is 19.5. The molecule has 152 valence electrons. The molecule has 2 fully saturated rings. The number of hydrogen-bond acceptors (Lipinski definition) is 4. The van der Waals surface area contributed by atoms with Crippen LogP contribution in [-0.4, -0.2) is 55.9 Å². The van der Waals surface area contributed by atoms with Gasteiger partial charge in [0.25, 0.3) is 0 Å². The highest BCUT2D eigenvalue weighted by Crippen LogP contribution is 2.38. The van der Waals surface area contributed by atoms with Gasteiger partial charge < -0.3 is 5.32 Å². The number of nitrogens with one attached hydrogen (secondary N) is 2. The summed E-state index contributed by atoms with van der Waals surface area (Å²) >= 11 is 0. The van der Waals surface area contributed by atoms with Crippen molar-refractivity contribution in [2.24, 2.45) is 0 Å². The average Bonchev–Trinajstić information content (AvgIpc) is 3.32. The molecule has 1 aromatic rings. The molecular formula is C20H28N4O3S. The number of benzene rings is 1. The molecule has 2 heterocycles. The van der Waals surface area contributed by atoms with Crippen molar-refractivity contribution in [3.05, 3.63) is 28.3 Å². The lowest BCUT2D eigenvalue weighted by Crippen LogP contribution is -2.57. The fraction of sp³-hybridized carbons (Fsp3) is 0.650. The summed E-state index contributed by atoms with van der Waals surface area (Å²) in [6.45, 7) is 0.900. The van der Waals surface area contributed by atoms with E-state index >= 15 is 0 Å². The van der Waals surface area contributed by atoms with Crippen LogP contribution >= 0.6 is 0 Å². The molecule has 2 bridgehead atoms. The molecule has 0 aromatic heterocycles. The van der Waals surface area contributed by atoms with Crippen LogP contribution in [0.2, 0.25) is 0 Å². The van der Waals surface area contributed by atoms with Crippen molar-refractivity contribution in [1.82, 2.24) is 13.9 Å². The van der Waals surface area contributed by atoms with Gasteiger partial charge in [-0.05, 0) is 80.7 Å². The Morgan fingerprint density at radius 1 is 1.00 bits per heavy atom. The molecule has 0 saturated carbocycles. The average molecular weight is 405 g/mol. The molecule has 2 atom stereocenters. The number of aryl methyl sites for hydroxylation is 2. The smallest absolute Gasteiger partial charge is 0.307 e. The van der Waals surface area contributed by atoms with E-state index in [2.05, 4.69) is 28.1 Å². The number of fused-ring (bicyclic) bond motifs is 4. The Morgan fingerprint density at radius 2 is 1.57 bits per heavy atom. The maximum atomic E-state index is 12.8. The van der Waals surface area contributed by atoms with Crippen molar-refractivity contribution in [3.63, 3.8) is 0 Å². The van der Waals surface area contributed by atoms with Crippen molar-refractivity contribution in [3.8, 4) is 0 Å². The second-order valence-electron chi connectivity index (χ2n) is 8.66. The van der Waals surface area contributed by atoms with Crippen LogP contribution < -0.4 is 10.0 Å². The summed E-state index contributed by atoms with van der Waals surface area (Å²) in [5.41, 5.74) is 5.90. The maximum absolute atomic E-state index is 12.8. The SMILES string of the molecule is CN1C2CCC1CN(S(=O)(=O)NC(=O)Nc1c3c(cc4c1CCC4)CCC3)C2. The highest BCUT2D eigenvalue weighted by atomic mass is 32.2. The normalized spacial score (nSPS) is 26.9. The molecule has 2 unspecified atom stereocenters. The van der Waals surface area contributed by atoms with Crippen LogP contribution in [0, 0.1) is 0 Å². The van der Waals surface area contributed by atoms with Crippen LogP contribution in [-0.2, 0) is 35.9 Å². The van der Waals surface area contributed by atoms with E-state index in [0.717, 1.165) is 57.1 Å². The maximum Gasteiger partial charge on any atom is 0.333 e. The molecular weight excluding hydrogens is 376 g/mol. The molecule has 2 saturated heterocycles. The Balaban J connectivity index is 1.33. The Bertz CT molecular complexity index is 884. The van der Waals surface area contributed by atoms with Gasteiger partial charge >= 0.3 is 16.2 Å². The zero-order valence-corrected chi connectivity index (χ0v) is 17.1. The second-order valence-corrected chi connectivity index (χ2v) is 10.3. The number of likely N-dealkylation sites (N-methyl/N-ethyl adjacent to an activating group) is 1. The fourth-order valence-electron chi connectivity index (χ4n) is 5.56. The number of carbonyl (C=O) groups is 1. The van der Waals surface area contributed by atoms with Crippen LogP contribution in [0.1, 0.15) is 47.9 Å². The van der Waals surface area contributed by atoms with E-state index in [9.17, 15) is 13.2 Å². The van der Waals surface area contributed by atoms with Crippen LogP contribution in [0.25, 0.3) is 0 Å². The summed E-state index contributed by atoms with van der Waals surface area (Å²) in [6, 6.07) is 2.16.